The molecule has 0 aliphatic carbocycles. The maximum Gasteiger partial charge on any atom is 0.317 e. The number of hydrogen-bond acceptors (Lipinski definition) is 3. The zero-order valence-corrected chi connectivity index (χ0v) is 14.6. The van der Waals surface area contributed by atoms with Crippen molar-refractivity contribution in [3.05, 3.63) is 35.4 Å². The van der Waals surface area contributed by atoms with E-state index < -0.39 is 0 Å². The fraction of sp³-hybridized carbons (Fsp3) is 0.562. The second-order valence-electron chi connectivity index (χ2n) is 6.28. The summed E-state index contributed by atoms with van der Waals surface area (Å²) < 4.78 is 3.73. The Morgan fingerprint density at radius 1 is 1.43 bits per heavy atom. The Labute approximate surface area is 137 Å². The minimum absolute atomic E-state index is 0.0749. The second kappa shape index (κ2) is 7.30. The molecule has 126 valence electrons. The van der Waals surface area contributed by atoms with Crippen molar-refractivity contribution in [3.8, 4) is 0 Å². The van der Waals surface area contributed by atoms with Crippen molar-refractivity contribution in [2.45, 2.75) is 33.9 Å². The first kappa shape index (κ1) is 17.1. The van der Waals surface area contributed by atoms with Gasteiger partial charge in [0.1, 0.15) is 0 Å². The van der Waals surface area contributed by atoms with Gasteiger partial charge in [0.2, 0.25) is 0 Å². The molecule has 2 amide bonds. The number of nitrogens with zero attached hydrogens (tertiary/aromatic N) is 5. The summed E-state index contributed by atoms with van der Waals surface area (Å²) in [5, 5.41) is 11.5. The van der Waals surface area contributed by atoms with E-state index in [0.29, 0.717) is 19.0 Å². The molecule has 2 heterocycles. The minimum Gasteiger partial charge on any atom is -0.338 e. The van der Waals surface area contributed by atoms with Crippen LogP contribution < -0.4 is 5.32 Å². The summed E-state index contributed by atoms with van der Waals surface area (Å²) in [5.41, 5.74) is 3.19. The monoisotopic (exact) mass is 318 g/mol. The third-order valence-corrected chi connectivity index (χ3v) is 3.71. The van der Waals surface area contributed by atoms with Crippen LogP contribution >= 0.6 is 0 Å². The van der Waals surface area contributed by atoms with Gasteiger partial charge in [0.05, 0.1) is 18.4 Å². The van der Waals surface area contributed by atoms with Crippen LogP contribution in [-0.2, 0) is 20.1 Å². The van der Waals surface area contributed by atoms with Gasteiger partial charge in [0.15, 0.2) is 0 Å². The molecule has 0 aliphatic rings. The molecule has 0 radical (unpaired) electrons. The Hall–Kier alpha value is -2.31. The van der Waals surface area contributed by atoms with E-state index in [2.05, 4.69) is 28.5 Å². The van der Waals surface area contributed by atoms with Crippen LogP contribution in [0.1, 0.15) is 23.9 Å². The largest absolute Gasteiger partial charge is 0.338 e. The van der Waals surface area contributed by atoms with E-state index in [-0.39, 0.29) is 6.03 Å². The average molecular weight is 318 g/mol. The molecule has 0 aliphatic heterocycles. The van der Waals surface area contributed by atoms with Gasteiger partial charge in [0, 0.05) is 44.6 Å². The predicted octanol–water partition coefficient (Wildman–Crippen LogP) is 1.71. The quantitative estimate of drug-likeness (QED) is 0.881. The number of aromatic nitrogens is 4. The Morgan fingerprint density at radius 2 is 2.17 bits per heavy atom. The van der Waals surface area contributed by atoms with Gasteiger partial charge in [-0.05, 0) is 25.8 Å². The van der Waals surface area contributed by atoms with E-state index in [1.54, 1.807) is 22.8 Å². The number of carbonyl (C=O) groups is 1. The number of amides is 2. The van der Waals surface area contributed by atoms with Crippen molar-refractivity contribution in [2.75, 3.05) is 13.6 Å². The fourth-order valence-corrected chi connectivity index (χ4v) is 2.52. The Balaban J connectivity index is 1.77. The van der Waals surface area contributed by atoms with Crippen molar-refractivity contribution < 1.29 is 4.79 Å². The van der Waals surface area contributed by atoms with Crippen molar-refractivity contribution >= 4 is 6.03 Å². The molecule has 0 unspecified atom stereocenters. The molecule has 0 saturated carbocycles. The van der Waals surface area contributed by atoms with Crippen LogP contribution in [0.2, 0.25) is 0 Å². The number of rotatable bonds is 6. The van der Waals surface area contributed by atoms with Gasteiger partial charge >= 0.3 is 6.03 Å². The molecule has 7 nitrogen and oxygen atoms in total. The molecule has 0 spiro atoms. The maximum absolute atomic E-state index is 12.1. The molecule has 23 heavy (non-hydrogen) atoms. The highest BCUT2D eigenvalue weighted by Gasteiger charge is 2.12. The van der Waals surface area contributed by atoms with Gasteiger partial charge in [-0.25, -0.2) is 4.79 Å². The topological polar surface area (TPSA) is 68.0 Å². The van der Waals surface area contributed by atoms with E-state index in [4.69, 9.17) is 0 Å². The Morgan fingerprint density at radius 3 is 2.74 bits per heavy atom. The molecule has 2 aromatic heterocycles. The maximum atomic E-state index is 12.1. The van der Waals surface area contributed by atoms with Gasteiger partial charge in [-0.2, -0.15) is 10.2 Å². The van der Waals surface area contributed by atoms with Gasteiger partial charge in [-0.3, -0.25) is 9.36 Å². The molecule has 1 N–H and O–H groups in total. The third kappa shape index (κ3) is 4.84. The van der Waals surface area contributed by atoms with Crippen LogP contribution in [0.5, 0.6) is 0 Å². The molecule has 0 fully saturated rings. The predicted molar refractivity (Wildman–Crippen MR) is 88.9 cm³/mol. The van der Waals surface area contributed by atoms with Gasteiger partial charge < -0.3 is 10.2 Å². The van der Waals surface area contributed by atoms with E-state index >= 15 is 0 Å². The summed E-state index contributed by atoms with van der Waals surface area (Å²) in [5.74, 6) is 0.309. The van der Waals surface area contributed by atoms with E-state index in [0.717, 1.165) is 23.5 Å². The lowest BCUT2D eigenvalue weighted by Crippen LogP contribution is -2.39. The molecule has 0 aromatic carbocycles. The SMILES string of the molecule is Cc1cc(C)n(C[C@@H](C)CNC(=O)N(C)Cc2cnn(C)c2)n1. The molecule has 2 aromatic rings. The second-order valence-corrected chi connectivity index (χ2v) is 6.28. The van der Waals surface area contributed by atoms with E-state index in [1.807, 2.05) is 31.8 Å². The van der Waals surface area contributed by atoms with Gasteiger partial charge in [-0.1, -0.05) is 6.92 Å². The van der Waals surface area contributed by atoms with E-state index in [1.165, 1.54) is 0 Å². The molecule has 1 atom stereocenters. The number of urea groups is 1. The summed E-state index contributed by atoms with van der Waals surface area (Å²) in [6.45, 7) is 8.11. The summed E-state index contributed by atoms with van der Waals surface area (Å²) in [6, 6.07) is 1.99. The third-order valence-electron chi connectivity index (χ3n) is 3.71. The zero-order chi connectivity index (χ0) is 17.0. The zero-order valence-electron chi connectivity index (χ0n) is 14.6. The smallest absolute Gasteiger partial charge is 0.317 e. The first-order valence-corrected chi connectivity index (χ1v) is 7.82. The first-order chi connectivity index (χ1) is 10.8. The van der Waals surface area contributed by atoms with Gasteiger partial charge in [0.25, 0.3) is 0 Å². The number of aryl methyl sites for hydroxylation is 3. The first-order valence-electron chi connectivity index (χ1n) is 7.82. The molecule has 7 heteroatoms. The van der Waals surface area contributed by atoms with Crippen molar-refractivity contribution in [2.24, 2.45) is 13.0 Å². The normalized spacial score (nSPS) is 12.2. The highest BCUT2D eigenvalue weighted by atomic mass is 16.2. The van der Waals surface area contributed by atoms with Crippen LogP contribution in [0.3, 0.4) is 0 Å². The lowest BCUT2D eigenvalue weighted by molar-refractivity contribution is 0.204. The summed E-state index contributed by atoms with van der Waals surface area (Å²) in [6.07, 6.45) is 3.68. The highest BCUT2D eigenvalue weighted by molar-refractivity contribution is 5.73. The highest BCUT2D eigenvalue weighted by Crippen LogP contribution is 2.06. The van der Waals surface area contributed by atoms with Crippen molar-refractivity contribution in [1.29, 1.82) is 0 Å². The molecular formula is C16H26N6O. The van der Waals surface area contributed by atoms with Crippen molar-refractivity contribution in [3.63, 3.8) is 0 Å². The fourth-order valence-electron chi connectivity index (χ4n) is 2.52. The van der Waals surface area contributed by atoms with Crippen molar-refractivity contribution in [1.82, 2.24) is 29.8 Å². The van der Waals surface area contributed by atoms with Crippen LogP contribution in [-0.4, -0.2) is 44.1 Å². The van der Waals surface area contributed by atoms with Crippen LogP contribution in [0, 0.1) is 19.8 Å². The molecular weight excluding hydrogens is 292 g/mol. The average Bonchev–Trinajstić information content (AvgIpc) is 3.01. The van der Waals surface area contributed by atoms with Crippen LogP contribution in [0.25, 0.3) is 0 Å². The standard InChI is InChI=1S/C16H26N6O/c1-12(9-22-14(3)6-13(2)19-22)7-17-16(23)20(4)10-15-8-18-21(5)11-15/h6,8,11-12H,7,9-10H2,1-5H3,(H,17,23)/t12-/m0/s1. The lowest BCUT2D eigenvalue weighted by atomic mass is 10.2. The number of hydrogen-bond donors (Lipinski definition) is 1. The molecule has 0 saturated heterocycles. The molecule has 0 bridgehead atoms. The number of nitrogens with one attached hydrogen (secondary N) is 1. The Kier molecular flexibility index (Phi) is 5.41. The summed E-state index contributed by atoms with van der Waals surface area (Å²) in [7, 11) is 3.65. The van der Waals surface area contributed by atoms with Gasteiger partial charge in [-0.15, -0.1) is 0 Å². The Bertz CT molecular complexity index is 659. The number of carbonyl (C=O) groups excluding carboxylic acids is 1. The van der Waals surface area contributed by atoms with E-state index in [9.17, 15) is 4.79 Å². The lowest BCUT2D eigenvalue weighted by Gasteiger charge is -2.19. The minimum atomic E-state index is -0.0749. The van der Waals surface area contributed by atoms with Crippen LogP contribution in [0.15, 0.2) is 18.5 Å². The molecule has 2 rings (SSSR count). The van der Waals surface area contributed by atoms with Crippen LogP contribution in [0.4, 0.5) is 4.79 Å². The summed E-state index contributed by atoms with van der Waals surface area (Å²) >= 11 is 0. The summed E-state index contributed by atoms with van der Waals surface area (Å²) in [4.78, 5) is 13.8.